The molecule has 0 bridgehead atoms. The van der Waals surface area contributed by atoms with E-state index < -0.39 is 0 Å². The summed E-state index contributed by atoms with van der Waals surface area (Å²) in [6.07, 6.45) is 1.52. The maximum Gasteiger partial charge on any atom is 0.257 e. The van der Waals surface area contributed by atoms with Gasteiger partial charge in [0.15, 0.2) is 0 Å². The van der Waals surface area contributed by atoms with E-state index in [9.17, 15) is 4.79 Å². The molecule has 20 heavy (non-hydrogen) atoms. The number of aromatic nitrogens is 1. The fourth-order valence-electron chi connectivity index (χ4n) is 1.89. The number of aliphatic imine (C=N–C) groups is 1. The second-order valence-electron chi connectivity index (χ2n) is 4.33. The minimum Gasteiger partial charge on any atom is -0.496 e. The molecule has 104 valence electrons. The predicted molar refractivity (Wildman–Crippen MR) is 80.3 cm³/mol. The maximum absolute atomic E-state index is 12.0. The van der Waals surface area contributed by atoms with Crippen LogP contribution in [0.15, 0.2) is 45.8 Å². The summed E-state index contributed by atoms with van der Waals surface area (Å²) in [5, 5.41) is 1.21. The largest absolute Gasteiger partial charge is 0.496 e. The normalized spacial score (nSPS) is 12.7. The van der Waals surface area contributed by atoms with E-state index in [1.807, 2.05) is 0 Å². The molecule has 0 saturated carbocycles. The lowest BCUT2D eigenvalue weighted by molar-refractivity contribution is 0.420. The fourth-order valence-corrected chi connectivity index (χ4v) is 1.89. The van der Waals surface area contributed by atoms with Crippen molar-refractivity contribution in [2.45, 2.75) is 6.92 Å². The van der Waals surface area contributed by atoms with Crippen LogP contribution in [0.3, 0.4) is 0 Å². The molecule has 0 saturated heterocycles. The minimum atomic E-state index is -0.249. The Morgan fingerprint density at radius 2 is 2.10 bits per heavy atom. The molecule has 2 rings (SSSR count). The van der Waals surface area contributed by atoms with Crippen molar-refractivity contribution in [1.82, 2.24) is 4.98 Å². The molecule has 0 radical (unpaired) electrons. The van der Waals surface area contributed by atoms with Crippen LogP contribution < -0.4 is 21.8 Å². The number of nitrogens with one attached hydrogen (secondary N) is 1. The average Bonchev–Trinajstić information content (AvgIpc) is 2.37. The lowest BCUT2D eigenvalue weighted by atomic mass is 10.1. The highest BCUT2D eigenvalue weighted by molar-refractivity contribution is 5.95. The summed E-state index contributed by atoms with van der Waals surface area (Å²) in [5.74, 6) is 1.17. The van der Waals surface area contributed by atoms with Gasteiger partial charge in [0.2, 0.25) is 0 Å². The number of hydrogen-bond acceptors (Lipinski definition) is 4. The molecular formula is C14H16N4O2. The van der Waals surface area contributed by atoms with E-state index in [0.717, 1.165) is 0 Å². The van der Waals surface area contributed by atoms with Crippen LogP contribution in [0.25, 0.3) is 10.8 Å². The van der Waals surface area contributed by atoms with Crippen molar-refractivity contribution >= 4 is 22.4 Å². The van der Waals surface area contributed by atoms with Crippen LogP contribution in [0.2, 0.25) is 0 Å². The zero-order valence-corrected chi connectivity index (χ0v) is 11.3. The fraction of sp³-hybridized carbons (Fsp3) is 0.143. The number of fused-ring (bicyclic) bond motifs is 1. The van der Waals surface area contributed by atoms with Crippen LogP contribution in [-0.4, -0.2) is 17.9 Å². The van der Waals surface area contributed by atoms with Gasteiger partial charge in [0, 0.05) is 11.1 Å². The van der Waals surface area contributed by atoms with Crippen LogP contribution in [0.1, 0.15) is 6.92 Å². The second kappa shape index (κ2) is 5.48. The third-order valence-corrected chi connectivity index (χ3v) is 2.68. The lowest BCUT2D eigenvalue weighted by Gasteiger charge is -2.05. The predicted octanol–water partition coefficient (Wildman–Crippen LogP) is 1.39. The van der Waals surface area contributed by atoms with Crippen LogP contribution in [0, 0.1) is 0 Å². The third-order valence-electron chi connectivity index (χ3n) is 2.68. The average molecular weight is 272 g/mol. The van der Waals surface area contributed by atoms with E-state index >= 15 is 0 Å². The van der Waals surface area contributed by atoms with Crippen molar-refractivity contribution in [3.63, 3.8) is 0 Å². The Morgan fingerprint density at radius 3 is 2.75 bits per heavy atom. The molecule has 0 unspecified atom stereocenters. The quantitative estimate of drug-likeness (QED) is 0.579. The number of H-pyrrole nitrogens is 1. The number of rotatable bonds is 3. The molecule has 0 aliphatic carbocycles. The first-order valence-electron chi connectivity index (χ1n) is 5.99. The van der Waals surface area contributed by atoms with Crippen LogP contribution in [-0.2, 0) is 0 Å². The van der Waals surface area contributed by atoms with E-state index in [1.54, 1.807) is 38.3 Å². The molecule has 0 spiro atoms. The molecule has 5 N–H and O–H groups in total. The number of aromatic amines is 1. The molecule has 1 heterocycles. The van der Waals surface area contributed by atoms with Gasteiger partial charge in [-0.1, -0.05) is 6.07 Å². The van der Waals surface area contributed by atoms with Gasteiger partial charge in [0.1, 0.15) is 17.4 Å². The van der Waals surface area contributed by atoms with Gasteiger partial charge >= 0.3 is 0 Å². The smallest absolute Gasteiger partial charge is 0.257 e. The van der Waals surface area contributed by atoms with Crippen molar-refractivity contribution in [3.8, 4) is 5.75 Å². The van der Waals surface area contributed by atoms with Crippen LogP contribution >= 0.6 is 0 Å². The molecule has 0 atom stereocenters. The Labute approximate surface area is 115 Å². The zero-order chi connectivity index (χ0) is 14.7. The second-order valence-corrected chi connectivity index (χ2v) is 4.33. The number of hydrogen-bond donors (Lipinski definition) is 3. The van der Waals surface area contributed by atoms with Crippen LogP contribution in [0.5, 0.6) is 5.75 Å². The highest BCUT2D eigenvalue weighted by Crippen LogP contribution is 2.25. The number of pyridine rings is 1. The molecule has 1 aromatic heterocycles. The Balaban J connectivity index is 2.63. The summed E-state index contributed by atoms with van der Waals surface area (Å²) < 4.78 is 5.24. The standard InChI is InChI=1S/C14H16N4O2/c1-8(15)6-12(16)17-13-7-10-9(14(19)18-13)4-3-5-11(10)20-2/h3-7H,15H2,1-2H3,(H3,16,17,18,19)/b8-6-. The number of ether oxygens (including phenoxy) is 1. The van der Waals surface area contributed by atoms with E-state index in [2.05, 4.69) is 9.98 Å². The summed E-state index contributed by atoms with van der Waals surface area (Å²) in [4.78, 5) is 18.8. The molecule has 1 aromatic carbocycles. The molecule has 6 heteroatoms. The first-order valence-corrected chi connectivity index (χ1v) is 5.99. The summed E-state index contributed by atoms with van der Waals surface area (Å²) in [6, 6.07) is 6.97. The Kier molecular flexibility index (Phi) is 3.74. The summed E-state index contributed by atoms with van der Waals surface area (Å²) in [7, 11) is 1.55. The summed E-state index contributed by atoms with van der Waals surface area (Å²) >= 11 is 0. The van der Waals surface area contributed by atoms with Crippen molar-refractivity contribution in [1.29, 1.82) is 0 Å². The van der Waals surface area contributed by atoms with Crippen molar-refractivity contribution < 1.29 is 4.74 Å². The van der Waals surface area contributed by atoms with Gasteiger partial charge in [-0.05, 0) is 31.2 Å². The van der Waals surface area contributed by atoms with E-state index in [-0.39, 0.29) is 11.4 Å². The number of benzene rings is 1. The van der Waals surface area contributed by atoms with Gasteiger partial charge in [-0.2, -0.15) is 0 Å². The van der Waals surface area contributed by atoms with Gasteiger partial charge in [-0.25, -0.2) is 4.99 Å². The number of nitrogens with two attached hydrogens (primary N) is 2. The molecule has 6 nitrogen and oxygen atoms in total. The van der Waals surface area contributed by atoms with Crippen molar-refractivity contribution in [2.75, 3.05) is 7.11 Å². The first kappa shape index (κ1) is 13.7. The van der Waals surface area contributed by atoms with Crippen molar-refractivity contribution in [3.05, 3.63) is 46.4 Å². The number of allylic oxidation sites excluding steroid dienone is 1. The summed E-state index contributed by atoms with van der Waals surface area (Å²) in [6.45, 7) is 1.70. The van der Waals surface area contributed by atoms with E-state index in [0.29, 0.717) is 28.0 Å². The SMILES string of the molecule is COc1cccc2c(=O)[nH]c(/N=C(N)\C=C(\C)N)cc12. The molecule has 0 aliphatic rings. The van der Waals surface area contributed by atoms with Gasteiger partial charge in [0.05, 0.1) is 12.5 Å². The van der Waals surface area contributed by atoms with Gasteiger partial charge < -0.3 is 21.2 Å². The third kappa shape index (κ3) is 2.80. The Hall–Kier alpha value is -2.76. The molecule has 2 aromatic rings. The highest BCUT2D eigenvalue weighted by atomic mass is 16.5. The van der Waals surface area contributed by atoms with E-state index in [1.165, 1.54) is 6.08 Å². The van der Waals surface area contributed by atoms with Gasteiger partial charge in [0.25, 0.3) is 5.56 Å². The van der Waals surface area contributed by atoms with Crippen molar-refractivity contribution in [2.24, 2.45) is 16.5 Å². The van der Waals surface area contributed by atoms with Crippen LogP contribution in [0.4, 0.5) is 5.82 Å². The van der Waals surface area contributed by atoms with E-state index in [4.69, 9.17) is 16.2 Å². The highest BCUT2D eigenvalue weighted by Gasteiger charge is 2.06. The number of methoxy groups -OCH3 is 1. The van der Waals surface area contributed by atoms with Gasteiger partial charge in [-0.3, -0.25) is 4.79 Å². The summed E-state index contributed by atoms with van der Waals surface area (Å²) in [5.41, 5.74) is 11.5. The molecule has 0 amide bonds. The Morgan fingerprint density at radius 1 is 1.35 bits per heavy atom. The number of amidine groups is 1. The maximum atomic E-state index is 12.0. The monoisotopic (exact) mass is 272 g/mol. The lowest BCUT2D eigenvalue weighted by Crippen LogP contribution is -2.11. The zero-order valence-electron chi connectivity index (χ0n) is 11.3. The molecule has 0 fully saturated rings. The Bertz CT molecular complexity index is 755. The minimum absolute atomic E-state index is 0.217. The molecule has 0 aliphatic heterocycles. The van der Waals surface area contributed by atoms with Gasteiger partial charge in [-0.15, -0.1) is 0 Å². The topological polar surface area (TPSA) is 106 Å². The number of nitrogens with zero attached hydrogens (tertiary/aromatic N) is 1. The molecular weight excluding hydrogens is 256 g/mol. The first-order chi connectivity index (χ1) is 9.51.